The van der Waals surface area contributed by atoms with Gasteiger partial charge in [0.2, 0.25) is 0 Å². The van der Waals surface area contributed by atoms with Crippen LogP contribution >= 0.6 is 23.1 Å². The minimum atomic E-state index is -0.817. The third-order valence-corrected chi connectivity index (χ3v) is 6.51. The molecule has 1 aliphatic rings. The normalized spacial score (nSPS) is 22.9. The number of carboxylic acids is 1. The number of nitrogens with zero attached hydrogens (tertiary/aromatic N) is 1. The van der Waals surface area contributed by atoms with Gasteiger partial charge in [0.15, 0.2) is 0 Å². The van der Waals surface area contributed by atoms with E-state index in [1.165, 1.54) is 0 Å². The molecule has 3 rings (SSSR count). The molecular weight excluding hydrogens is 332 g/mol. The lowest BCUT2D eigenvalue weighted by molar-refractivity contribution is -0.139. The monoisotopic (exact) mass is 350 g/mol. The summed E-state index contributed by atoms with van der Waals surface area (Å²) < 4.78 is 4.88. The van der Waals surface area contributed by atoms with Gasteiger partial charge < -0.3 is 9.84 Å². The molecule has 2 unspecified atom stereocenters. The van der Waals surface area contributed by atoms with Gasteiger partial charge in [0.25, 0.3) is 0 Å². The van der Waals surface area contributed by atoms with Gasteiger partial charge in [-0.25, -0.2) is 4.98 Å². The van der Waals surface area contributed by atoms with Gasteiger partial charge in [-0.2, -0.15) is 0 Å². The van der Waals surface area contributed by atoms with E-state index in [1.54, 1.807) is 30.2 Å². The number of benzene rings is 1. The van der Waals surface area contributed by atoms with E-state index in [0.29, 0.717) is 0 Å². The van der Waals surface area contributed by atoms with E-state index in [4.69, 9.17) is 4.74 Å². The number of carboxylic acid groups (broad SMARTS) is 1. The van der Waals surface area contributed by atoms with Gasteiger partial charge >= 0.3 is 5.97 Å². The van der Waals surface area contributed by atoms with E-state index in [0.717, 1.165) is 21.2 Å². The predicted octanol–water partition coefficient (Wildman–Crippen LogP) is 3.39. The largest absolute Gasteiger partial charge is 0.497 e. The van der Waals surface area contributed by atoms with Crippen molar-refractivity contribution in [2.75, 3.05) is 7.11 Å². The molecule has 2 aromatic rings. The first-order valence-electron chi connectivity index (χ1n) is 7.17. The lowest BCUT2D eigenvalue weighted by Crippen LogP contribution is -2.43. The number of aliphatic carboxylic acids is 1. The number of aromatic nitrogens is 1. The van der Waals surface area contributed by atoms with Crippen molar-refractivity contribution in [3.05, 3.63) is 35.3 Å². The molecule has 1 fully saturated rings. The van der Waals surface area contributed by atoms with Crippen LogP contribution in [0.3, 0.4) is 0 Å². The highest BCUT2D eigenvalue weighted by Gasteiger charge is 2.46. The summed E-state index contributed by atoms with van der Waals surface area (Å²) in [6, 6.07) is 7.19. The average molecular weight is 350 g/mol. The molecule has 23 heavy (non-hydrogen) atoms. The number of methoxy groups -OCH3 is 1. The first-order valence-corrected chi connectivity index (χ1v) is 8.87. The Balaban J connectivity index is 1.84. The summed E-state index contributed by atoms with van der Waals surface area (Å²) in [5.74, 6) is -0.0257. The summed E-state index contributed by atoms with van der Waals surface area (Å²) in [7, 11) is 1.64. The number of rotatable bonds is 4. The van der Waals surface area contributed by atoms with Gasteiger partial charge in [0.1, 0.15) is 16.8 Å². The Morgan fingerprint density at radius 1 is 1.43 bits per heavy atom. The Hall–Kier alpha value is -1.57. The third-order valence-electron chi connectivity index (χ3n) is 3.78. The maximum absolute atomic E-state index is 11.4. The first-order chi connectivity index (χ1) is 10.9. The molecule has 1 aromatic carbocycles. The minimum Gasteiger partial charge on any atom is -0.497 e. The van der Waals surface area contributed by atoms with E-state index < -0.39 is 12.0 Å². The molecule has 2 heterocycles. The molecule has 1 aromatic heterocycles. The van der Waals surface area contributed by atoms with E-state index in [-0.39, 0.29) is 10.1 Å². The van der Waals surface area contributed by atoms with Crippen LogP contribution in [0.1, 0.15) is 24.1 Å². The van der Waals surface area contributed by atoms with Crippen LogP contribution in [0.5, 0.6) is 5.75 Å². The lowest BCUT2D eigenvalue weighted by atomic mass is 10.0. The lowest BCUT2D eigenvalue weighted by Gasteiger charge is -2.20. The summed E-state index contributed by atoms with van der Waals surface area (Å²) in [6.07, 6.45) is 1.82. The van der Waals surface area contributed by atoms with Crippen LogP contribution in [0.25, 0.3) is 10.6 Å². The number of thiazole rings is 1. The maximum atomic E-state index is 11.4. The summed E-state index contributed by atoms with van der Waals surface area (Å²) >= 11 is 3.20. The van der Waals surface area contributed by atoms with E-state index >= 15 is 0 Å². The van der Waals surface area contributed by atoms with Crippen LogP contribution < -0.4 is 10.1 Å². The van der Waals surface area contributed by atoms with Crippen LogP contribution in [-0.4, -0.2) is 34.0 Å². The summed E-state index contributed by atoms with van der Waals surface area (Å²) in [5, 5.41) is 13.4. The summed E-state index contributed by atoms with van der Waals surface area (Å²) in [6.45, 7) is 3.90. The van der Waals surface area contributed by atoms with Gasteiger partial charge in [0, 0.05) is 16.5 Å². The van der Waals surface area contributed by atoms with Gasteiger partial charge in [-0.3, -0.25) is 10.1 Å². The molecule has 0 aliphatic carbocycles. The van der Waals surface area contributed by atoms with Crippen LogP contribution in [0.2, 0.25) is 0 Å². The first kappa shape index (κ1) is 16.3. The highest BCUT2D eigenvalue weighted by Crippen LogP contribution is 2.47. The highest BCUT2D eigenvalue weighted by molar-refractivity contribution is 8.01. The number of hydrogen-bond donors (Lipinski definition) is 2. The van der Waals surface area contributed by atoms with E-state index in [2.05, 4.69) is 10.3 Å². The van der Waals surface area contributed by atoms with Gasteiger partial charge in [-0.05, 0) is 26.0 Å². The molecule has 122 valence electrons. The molecule has 0 amide bonds. The van der Waals surface area contributed by atoms with Gasteiger partial charge in [0.05, 0.1) is 17.4 Å². The van der Waals surface area contributed by atoms with Crippen molar-refractivity contribution < 1.29 is 14.6 Å². The Morgan fingerprint density at radius 2 is 2.22 bits per heavy atom. The SMILES string of the molecule is COc1cccc(-c2ncc(C3NC(C(=O)O)C(C)(C)S3)s2)c1. The van der Waals surface area contributed by atoms with Crippen molar-refractivity contribution in [3.8, 4) is 16.3 Å². The number of hydrogen-bond acceptors (Lipinski definition) is 6. The molecular formula is C16H18N2O3S2. The van der Waals surface area contributed by atoms with Crippen molar-refractivity contribution in [1.82, 2.24) is 10.3 Å². The second kappa shape index (κ2) is 6.14. The fourth-order valence-electron chi connectivity index (χ4n) is 2.56. The van der Waals surface area contributed by atoms with Crippen LogP contribution in [0.15, 0.2) is 30.5 Å². The maximum Gasteiger partial charge on any atom is 0.322 e. The Bertz CT molecular complexity index is 730. The zero-order valence-corrected chi connectivity index (χ0v) is 14.7. The second-order valence-corrected chi connectivity index (χ2v) is 8.66. The number of carbonyl (C=O) groups is 1. The number of nitrogens with one attached hydrogen (secondary N) is 1. The topological polar surface area (TPSA) is 71.5 Å². The smallest absolute Gasteiger partial charge is 0.322 e. The van der Waals surface area contributed by atoms with Crippen LogP contribution in [0.4, 0.5) is 0 Å². The van der Waals surface area contributed by atoms with Crippen molar-refractivity contribution in [2.24, 2.45) is 0 Å². The highest BCUT2D eigenvalue weighted by atomic mass is 32.2. The zero-order valence-electron chi connectivity index (χ0n) is 13.1. The van der Waals surface area contributed by atoms with Crippen molar-refractivity contribution >= 4 is 29.1 Å². The molecule has 0 saturated carbocycles. The second-order valence-electron chi connectivity index (χ2n) is 5.84. The predicted molar refractivity (Wildman–Crippen MR) is 93.1 cm³/mol. The standard InChI is InChI=1S/C16H18N2O3S2/c1-16(2)12(15(19)20)18-14(23-16)11-8-17-13(22-11)9-5-4-6-10(7-9)21-3/h4-8,12,14,18H,1-3H3,(H,19,20). The molecule has 0 spiro atoms. The van der Waals surface area contributed by atoms with Crippen molar-refractivity contribution in [1.29, 1.82) is 0 Å². The van der Waals surface area contributed by atoms with E-state index in [1.807, 2.05) is 44.3 Å². The fourth-order valence-corrected chi connectivity index (χ4v) is 5.00. The van der Waals surface area contributed by atoms with Crippen molar-refractivity contribution in [2.45, 2.75) is 30.0 Å². The number of ether oxygens (including phenoxy) is 1. The fraction of sp³-hybridized carbons (Fsp3) is 0.375. The summed E-state index contributed by atoms with van der Waals surface area (Å²) in [5.41, 5.74) is 0.998. The van der Waals surface area contributed by atoms with Crippen molar-refractivity contribution in [3.63, 3.8) is 0 Å². The molecule has 1 aliphatic heterocycles. The van der Waals surface area contributed by atoms with E-state index in [9.17, 15) is 9.90 Å². The molecule has 1 saturated heterocycles. The molecule has 0 radical (unpaired) electrons. The molecule has 7 heteroatoms. The summed E-state index contributed by atoms with van der Waals surface area (Å²) in [4.78, 5) is 16.9. The van der Waals surface area contributed by atoms with Crippen LogP contribution in [-0.2, 0) is 4.79 Å². The zero-order chi connectivity index (χ0) is 16.6. The van der Waals surface area contributed by atoms with Crippen LogP contribution in [0, 0.1) is 0 Å². The molecule has 2 N–H and O–H groups in total. The van der Waals surface area contributed by atoms with Gasteiger partial charge in [-0.1, -0.05) is 12.1 Å². The third kappa shape index (κ3) is 3.22. The molecule has 2 atom stereocenters. The molecule has 0 bridgehead atoms. The Kier molecular flexibility index (Phi) is 4.35. The number of thioether (sulfide) groups is 1. The minimum absolute atomic E-state index is 0.0528. The average Bonchev–Trinajstić information content (AvgIpc) is 3.11. The molecule has 5 nitrogen and oxygen atoms in total. The Morgan fingerprint density at radius 3 is 2.87 bits per heavy atom. The quantitative estimate of drug-likeness (QED) is 0.881. The van der Waals surface area contributed by atoms with Gasteiger partial charge in [-0.15, -0.1) is 23.1 Å². The Labute approximate surface area is 143 Å².